The SMILES string of the molecule is CC1OC(OC2C(O)OC(COC3OC(CO)C(O)C(O)C3O)C(O)C2OC(=O)/C=C/c2ccc(O)c(O)c2)C(O)C(O)C1O. The lowest BCUT2D eigenvalue weighted by molar-refractivity contribution is -0.364. The molecule has 3 heterocycles. The second kappa shape index (κ2) is 14.9. The number of aromatic hydroxyl groups is 2. The molecule has 0 spiro atoms. The molecular weight excluding hydrogens is 612 g/mol. The lowest BCUT2D eigenvalue weighted by Gasteiger charge is -2.46. The van der Waals surface area contributed by atoms with Crippen molar-refractivity contribution in [2.45, 2.75) is 99.0 Å². The lowest BCUT2D eigenvalue weighted by atomic mass is 9.97. The molecule has 15 unspecified atom stereocenters. The molecular formula is C27H38O18. The van der Waals surface area contributed by atoms with Crippen LogP contribution in [0.5, 0.6) is 11.5 Å². The fraction of sp³-hybridized carbons (Fsp3) is 0.667. The molecule has 0 saturated carbocycles. The zero-order valence-corrected chi connectivity index (χ0v) is 23.7. The summed E-state index contributed by atoms with van der Waals surface area (Å²) in [5.41, 5.74) is 0.272. The molecule has 0 aromatic heterocycles. The fourth-order valence-electron chi connectivity index (χ4n) is 4.98. The number of phenolic OH excluding ortho intramolecular Hbond substituents is 2. The molecule has 0 amide bonds. The minimum absolute atomic E-state index is 0.272. The van der Waals surface area contributed by atoms with Gasteiger partial charge in [-0.1, -0.05) is 6.07 Å². The highest BCUT2D eigenvalue weighted by Gasteiger charge is 2.52. The standard InChI is InChI=1S/C27H38O18/c1-9-16(32)19(35)22(38)27(41-9)45-24-23(44-15(31)5-3-10-2-4-11(29)12(30)6-10)18(34)14(42-25(24)39)8-40-26-21(37)20(36)17(33)13(7-28)43-26/h2-6,9,13-14,16-30,32-39H,7-8H2,1H3/b5-3+. The van der Waals surface area contributed by atoms with Crippen molar-refractivity contribution in [3.05, 3.63) is 29.8 Å². The van der Waals surface area contributed by atoms with Crippen molar-refractivity contribution in [3.63, 3.8) is 0 Å². The Morgan fingerprint density at radius 3 is 2.11 bits per heavy atom. The minimum atomic E-state index is -2.01. The summed E-state index contributed by atoms with van der Waals surface area (Å²) in [5, 5.41) is 111. The van der Waals surface area contributed by atoms with Crippen molar-refractivity contribution in [1.82, 2.24) is 0 Å². The molecule has 3 saturated heterocycles. The molecule has 0 bridgehead atoms. The highest BCUT2D eigenvalue weighted by Crippen LogP contribution is 2.31. The van der Waals surface area contributed by atoms with Crippen LogP contribution in [-0.4, -0.2) is 167 Å². The van der Waals surface area contributed by atoms with Crippen molar-refractivity contribution in [3.8, 4) is 11.5 Å². The van der Waals surface area contributed by atoms with Gasteiger partial charge in [-0.3, -0.25) is 0 Å². The van der Waals surface area contributed by atoms with Gasteiger partial charge in [-0.15, -0.1) is 0 Å². The Bertz CT molecular complexity index is 1160. The first-order valence-corrected chi connectivity index (χ1v) is 13.9. The van der Waals surface area contributed by atoms with Gasteiger partial charge in [0.1, 0.15) is 54.9 Å². The van der Waals surface area contributed by atoms with E-state index < -0.39 is 123 Å². The number of aliphatic hydroxyl groups is 9. The van der Waals surface area contributed by atoms with Crippen LogP contribution in [0.1, 0.15) is 12.5 Å². The van der Waals surface area contributed by atoms with Gasteiger partial charge in [-0.05, 0) is 30.7 Å². The number of aliphatic hydroxyl groups excluding tert-OH is 9. The van der Waals surface area contributed by atoms with E-state index in [2.05, 4.69) is 0 Å². The van der Waals surface area contributed by atoms with E-state index in [-0.39, 0.29) is 5.56 Å². The van der Waals surface area contributed by atoms with Gasteiger partial charge in [0.05, 0.1) is 19.3 Å². The molecule has 15 atom stereocenters. The Morgan fingerprint density at radius 1 is 0.778 bits per heavy atom. The first-order chi connectivity index (χ1) is 21.2. The zero-order valence-electron chi connectivity index (χ0n) is 23.7. The van der Waals surface area contributed by atoms with E-state index in [1.807, 2.05) is 0 Å². The summed E-state index contributed by atoms with van der Waals surface area (Å²) in [4.78, 5) is 12.8. The van der Waals surface area contributed by atoms with Crippen LogP contribution in [-0.2, 0) is 33.2 Å². The Morgan fingerprint density at radius 2 is 1.44 bits per heavy atom. The van der Waals surface area contributed by atoms with E-state index in [0.29, 0.717) is 0 Å². The number of hydrogen-bond donors (Lipinski definition) is 11. The first-order valence-electron chi connectivity index (χ1n) is 13.9. The van der Waals surface area contributed by atoms with Crippen molar-refractivity contribution >= 4 is 12.0 Å². The molecule has 18 heteroatoms. The van der Waals surface area contributed by atoms with E-state index in [1.54, 1.807) is 0 Å². The summed E-state index contributed by atoms with van der Waals surface area (Å²) in [6.45, 7) is -0.0385. The number of ether oxygens (including phenoxy) is 6. The number of carbonyl (C=O) groups is 1. The summed E-state index contributed by atoms with van der Waals surface area (Å²) < 4.78 is 32.4. The van der Waals surface area contributed by atoms with Crippen LogP contribution < -0.4 is 0 Å². The molecule has 3 fully saturated rings. The van der Waals surface area contributed by atoms with Crippen LogP contribution in [0.15, 0.2) is 24.3 Å². The van der Waals surface area contributed by atoms with Crippen molar-refractivity contribution in [2.24, 2.45) is 0 Å². The molecule has 1 aromatic carbocycles. The van der Waals surface area contributed by atoms with Crippen LogP contribution in [0.4, 0.5) is 0 Å². The minimum Gasteiger partial charge on any atom is -0.504 e. The second-order valence-electron chi connectivity index (χ2n) is 10.9. The van der Waals surface area contributed by atoms with E-state index in [4.69, 9.17) is 28.4 Å². The number of carbonyl (C=O) groups excluding carboxylic acids is 1. The highest BCUT2D eigenvalue weighted by atomic mass is 16.7. The third kappa shape index (κ3) is 7.89. The number of hydrogen-bond acceptors (Lipinski definition) is 18. The molecule has 3 aliphatic heterocycles. The number of esters is 1. The Labute approximate surface area is 255 Å². The molecule has 18 nitrogen and oxygen atoms in total. The molecule has 0 aliphatic carbocycles. The molecule has 45 heavy (non-hydrogen) atoms. The van der Waals surface area contributed by atoms with E-state index in [9.17, 15) is 61.0 Å². The number of benzene rings is 1. The maximum Gasteiger partial charge on any atom is 0.331 e. The van der Waals surface area contributed by atoms with E-state index >= 15 is 0 Å². The second-order valence-corrected chi connectivity index (χ2v) is 10.9. The summed E-state index contributed by atoms with van der Waals surface area (Å²) in [5.74, 6) is -1.96. The van der Waals surface area contributed by atoms with Gasteiger partial charge in [-0.25, -0.2) is 4.79 Å². The zero-order chi connectivity index (χ0) is 33.2. The maximum atomic E-state index is 12.8. The van der Waals surface area contributed by atoms with Gasteiger partial charge in [0.15, 0.2) is 42.6 Å². The van der Waals surface area contributed by atoms with Gasteiger partial charge >= 0.3 is 5.97 Å². The van der Waals surface area contributed by atoms with Gasteiger partial charge in [0.25, 0.3) is 0 Å². The molecule has 0 radical (unpaired) electrons. The van der Waals surface area contributed by atoms with Crippen LogP contribution in [0, 0.1) is 0 Å². The van der Waals surface area contributed by atoms with Gasteiger partial charge in [0.2, 0.25) is 0 Å². The van der Waals surface area contributed by atoms with Gasteiger partial charge in [0, 0.05) is 6.08 Å². The number of rotatable bonds is 9. The van der Waals surface area contributed by atoms with E-state index in [1.165, 1.54) is 25.1 Å². The van der Waals surface area contributed by atoms with Crippen LogP contribution in [0.2, 0.25) is 0 Å². The van der Waals surface area contributed by atoms with E-state index in [0.717, 1.165) is 12.1 Å². The van der Waals surface area contributed by atoms with Crippen molar-refractivity contribution in [2.75, 3.05) is 13.2 Å². The predicted octanol–water partition coefficient (Wildman–Crippen LogP) is -4.87. The highest BCUT2D eigenvalue weighted by molar-refractivity contribution is 5.87. The summed E-state index contributed by atoms with van der Waals surface area (Å²) in [6.07, 6.45) is -22.8. The van der Waals surface area contributed by atoms with Crippen LogP contribution in [0.25, 0.3) is 6.08 Å². The largest absolute Gasteiger partial charge is 0.504 e. The summed E-state index contributed by atoms with van der Waals surface area (Å²) >= 11 is 0. The molecule has 1 aromatic rings. The Kier molecular flexibility index (Phi) is 11.7. The summed E-state index contributed by atoms with van der Waals surface area (Å²) in [6, 6.07) is 3.69. The number of phenols is 2. The van der Waals surface area contributed by atoms with Crippen molar-refractivity contribution < 1.29 is 89.4 Å². The molecule has 11 N–H and O–H groups in total. The maximum absolute atomic E-state index is 12.8. The smallest absolute Gasteiger partial charge is 0.331 e. The normalized spacial score (nSPS) is 42.5. The Balaban J connectivity index is 1.51. The van der Waals surface area contributed by atoms with Crippen molar-refractivity contribution in [1.29, 1.82) is 0 Å². The third-order valence-corrected chi connectivity index (χ3v) is 7.67. The first kappa shape index (κ1) is 35.3. The average molecular weight is 651 g/mol. The lowest BCUT2D eigenvalue weighted by Crippen LogP contribution is -2.65. The molecule has 254 valence electrons. The van der Waals surface area contributed by atoms with Gasteiger partial charge in [-0.2, -0.15) is 0 Å². The quantitative estimate of drug-likeness (QED) is 0.0678. The van der Waals surface area contributed by atoms with Crippen LogP contribution >= 0.6 is 0 Å². The average Bonchev–Trinajstić information content (AvgIpc) is 3.01. The third-order valence-electron chi connectivity index (χ3n) is 7.67. The predicted molar refractivity (Wildman–Crippen MR) is 143 cm³/mol. The fourth-order valence-corrected chi connectivity index (χ4v) is 4.98. The summed E-state index contributed by atoms with van der Waals surface area (Å²) in [7, 11) is 0. The van der Waals surface area contributed by atoms with Gasteiger partial charge < -0.3 is 84.6 Å². The topological polar surface area (TPSA) is 295 Å². The monoisotopic (exact) mass is 650 g/mol. The molecule has 4 rings (SSSR count). The Hall–Kier alpha value is -2.53. The molecule has 3 aliphatic rings. The van der Waals surface area contributed by atoms with Crippen LogP contribution in [0.3, 0.4) is 0 Å².